The van der Waals surface area contributed by atoms with Crippen LogP contribution in [-0.2, 0) is 0 Å². The minimum Gasteiger partial charge on any atom is -0.478 e. The topological polar surface area (TPSA) is 74.6 Å². The van der Waals surface area contributed by atoms with Crippen molar-refractivity contribution in [3.63, 3.8) is 0 Å². The summed E-state index contributed by atoms with van der Waals surface area (Å²) in [6.45, 7) is 4.95. The van der Waals surface area contributed by atoms with Gasteiger partial charge in [0.2, 0.25) is 0 Å². The summed E-state index contributed by atoms with van der Waals surface area (Å²) >= 11 is 0. The monoisotopic (exact) mass is 206 g/mol. The van der Waals surface area contributed by atoms with Crippen LogP contribution in [0.5, 0.6) is 0 Å². The van der Waals surface area contributed by atoms with Crippen molar-refractivity contribution in [1.82, 2.24) is 0 Å². The predicted molar refractivity (Wildman–Crippen MR) is 55.2 cm³/mol. The maximum atomic E-state index is 10.8. The van der Waals surface area contributed by atoms with Gasteiger partial charge in [0.1, 0.15) is 0 Å². The first kappa shape index (κ1) is 11.0. The largest absolute Gasteiger partial charge is 0.478 e. The molecular formula is C11H10O4. The molecule has 0 aliphatic rings. The molecule has 0 heterocycles. The molecule has 15 heavy (non-hydrogen) atoms. The summed E-state index contributed by atoms with van der Waals surface area (Å²) in [7, 11) is 0. The van der Waals surface area contributed by atoms with E-state index in [1.807, 2.05) is 0 Å². The Morgan fingerprint density at radius 2 is 1.60 bits per heavy atom. The second-order valence-corrected chi connectivity index (χ2v) is 3.06. The molecule has 0 spiro atoms. The van der Waals surface area contributed by atoms with Crippen LogP contribution in [-0.4, -0.2) is 22.2 Å². The van der Waals surface area contributed by atoms with Crippen LogP contribution in [0.1, 0.15) is 31.8 Å². The molecule has 1 aromatic carbocycles. The summed E-state index contributed by atoms with van der Waals surface area (Å²) in [5.41, 5.74) is 0.714. The lowest BCUT2D eigenvalue weighted by atomic mass is 9.98. The Balaban J connectivity index is 3.53. The van der Waals surface area contributed by atoms with E-state index in [-0.39, 0.29) is 16.7 Å². The Bertz CT molecular complexity index is 411. The van der Waals surface area contributed by atoms with Crippen LogP contribution in [0.15, 0.2) is 18.7 Å². The van der Waals surface area contributed by atoms with Gasteiger partial charge in [0.25, 0.3) is 0 Å². The van der Waals surface area contributed by atoms with Crippen molar-refractivity contribution in [3.8, 4) is 0 Å². The van der Waals surface area contributed by atoms with Crippen LogP contribution < -0.4 is 0 Å². The highest BCUT2D eigenvalue weighted by molar-refractivity contribution is 5.97. The summed E-state index contributed by atoms with van der Waals surface area (Å²) in [5, 5.41) is 17.7. The van der Waals surface area contributed by atoms with Crippen molar-refractivity contribution in [3.05, 3.63) is 41.0 Å². The first-order valence-corrected chi connectivity index (χ1v) is 4.21. The highest BCUT2D eigenvalue weighted by Crippen LogP contribution is 2.18. The van der Waals surface area contributed by atoms with Crippen LogP contribution in [0.25, 0.3) is 6.08 Å². The number of benzene rings is 1. The molecule has 0 atom stereocenters. The lowest BCUT2D eigenvalue weighted by molar-refractivity contribution is 0.0696. The van der Waals surface area contributed by atoms with Crippen LogP contribution in [0, 0.1) is 6.92 Å². The first-order chi connectivity index (χ1) is 6.97. The highest BCUT2D eigenvalue weighted by atomic mass is 16.4. The third-order valence-electron chi connectivity index (χ3n) is 2.13. The number of rotatable bonds is 3. The predicted octanol–water partition coefficient (Wildman–Crippen LogP) is 2.03. The van der Waals surface area contributed by atoms with Gasteiger partial charge in [-0.15, -0.1) is 0 Å². The molecule has 0 unspecified atom stereocenters. The fraction of sp³-hybridized carbons (Fsp3) is 0.0909. The van der Waals surface area contributed by atoms with E-state index in [0.29, 0.717) is 5.56 Å². The van der Waals surface area contributed by atoms with Gasteiger partial charge in [-0.1, -0.05) is 12.7 Å². The SMILES string of the molecule is C=Cc1cc(C(=O)O)c(C)c(C(=O)O)c1. The van der Waals surface area contributed by atoms with E-state index in [9.17, 15) is 9.59 Å². The molecule has 0 saturated heterocycles. The molecule has 4 nitrogen and oxygen atoms in total. The summed E-state index contributed by atoms with van der Waals surface area (Å²) in [6, 6.07) is 2.80. The van der Waals surface area contributed by atoms with Crippen molar-refractivity contribution in [2.45, 2.75) is 6.92 Å². The zero-order chi connectivity index (χ0) is 11.6. The van der Waals surface area contributed by atoms with Gasteiger partial charge in [-0.05, 0) is 30.2 Å². The molecule has 0 saturated carbocycles. The fourth-order valence-electron chi connectivity index (χ4n) is 1.30. The minimum atomic E-state index is -1.14. The zero-order valence-corrected chi connectivity index (χ0v) is 8.15. The van der Waals surface area contributed by atoms with Crippen molar-refractivity contribution >= 4 is 18.0 Å². The highest BCUT2D eigenvalue weighted by Gasteiger charge is 2.15. The Labute approximate surface area is 86.5 Å². The molecule has 0 bridgehead atoms. The van der Waals surface area contributed by atoms with Crippen molar-refractivity contribution < 1.29 is 19.8 Å². The van der Waals surface area contributed by atoms with Crippen LogP contribution >= 0.6 is 0 Å². The van der Waals surface area contributed by atoms with Crippen molar-refractivity contribution in [2.24, 2.45) is 0 Å². The van der Waals surface area contributed by atoms with E-state index in [4.69, 9.17) is 10.2 Å². The van der Waals surface area contributed by atoms with Gasteiger partial charge >= 0.3 is 11.9 Å². The van der Waals surface area contributed by atoms with E-state index < -0.39 is 11.9 Å². The molecular weight excluding hydrogens is 196 g/mol. The van der Waals surface area contributed by atoms with Gasteiger partial charge in [0, 0.05) is 0 Å². The summed E-state index contributed by atoms with van der Waals surface area (Å²) in [5.74, 6) is -2.28. The fourth-order valence-corrected chi connectivity index (χ4v) is 1.30. The number of aromatic carboxylic acids is 2. The lowest BCUT2D eigenvalue weighted by Gasteiger charge is -2.06. The Morgan fingerprint density at radius 3 is 1.87 bits per heavy atom. The molecule has 4 heteroatoms. The molecule has 0 aliphatic carbocycles. The third-order valence-corrected chi connectivity index (χ3v) is 2.13. The molecule has 0 aromatic heterocycles. The number of hydrogen-bond acceptors (Lipinski definition) is 2. The molecule has 0 fully saturated rings. The lowest BCUT2D eigenvalue weighted by Crippen LogP contribution is -2.07. The Hall–Kier alpha value is -2.10. The van der Waals surface area contributed by atoms with Crippen molar-refractivity contribution in [2.75, 3.05) is 0 Å². The van der Waals surface area contributed by atoms with Gasteiger partial charge < -0.3 is 10.2 Å². The summed E-state index contributed by atoms with van der Waals surface area (Å²) in [6.07, 6.45) is 1.42. The van der Waals surface area contributed by atoms with Crippen LogP contribution in [0.4, 0.5) is 0 Å². The van der Waals surface area contributed by atoms with E-state index in [2.05, 4.69) is 6.58 Å². The standard InChI is InChI=1S/C11H10O4/c1-3-7-4-8(10(12)13)6(2)9(5-7)11(14)15/h3-5H,1H2,2H3,(H,12,13)(H,14,15). The average molecular weight is 206 g/mol. The minimum absolute atomic E-state index is 0.00944. The number of carbonyl (C=O) groups is 2. The van der Waals surface area contributed by atoms with E-state index in [1.54, 1.807) is 0 Å². The van der Waals surface area contributed by atoms with Crippen LogP contribution in [0.2, 0.25) is 0 Å². The van der Waals surface area contributed by atoms with Gasteiger partial charge in [-0.25, -0.2) is 9.59 Å². The van der Waals surface area contributed by atoms with Gasteiger partial charge in [0.15, 0.2) is 0 Å². The molecule has 0 amide bonds. The smallest absolute Gasteiger partial charge is 0.335 e. The molecule has 1 rings (SSSR count). The first-order valence-electron chi connectivity index (χ1n) is 4.21. The second kappa shape index (κ2) is 3.96. The van der Waals surface area contributed by atoms with Gasteiger partial charge in [-0.2, -0.15) is 0 Å². The van der Waals surface area contributed by atoms with E-state index in [1.165, 1.54) is 25.1 Å². The number of carboxylic acids is 2. The number of carboxylic acid groups (broad SMARTS) is 2. The maximum Gasteiger partial charge on any atom is 0.335 e. The quantitative estimate of drug-likeness (QED) is 0.793. The third kappa shape index (κ3) is 2.04. The summed E-state index contributed by atoms with van der Waals surface area (Å²) in [4.78, 5) is 21.7. The average Bonchev–Trinajstić information content (AvgIpc) is 2.17. The molecule has 1 aromatic rings. The van der Waals surface area contributed by atoms with E-state index >= 15 is 0 Å². The molecule has 0 aliphatic heterocycles. The van der Waals surface area contributed by atoms with Gasteiger partial charge in [0.05, 0.1) is 11.1 Å². The maximum absolute atomic E-state index is 10.8. The molecule has 78 valence electrons. The van der Waals surface area contributed by atoms with Gasteiger partial charge in [-0.3, -0.25) is 0 Å². The molecule has 2 N–H and O–H groups in total. The van der Waals surface area contributed by atoms with E-state index in [0.717, 1.165) is 0 Å². The number of hydrogen-bond donors (Lipinski definition) is 2. The second-order valence-electron chi connectivity index (χ2n) is 3.06. The Morgan fingerprint density at radius 1 is 1.20 bits per heavy atom. The Kier molecular flexibility index (Phi) is 2.90. The zero-order valence-electron chi connectivity index (χ0n) is 8.15. The molecule has 0 radical (unpaired) electrons. The summed E-state index contributed by atoms with van der Waals surface area (Å²) < 4.78 is 0. The normalized spacial score (nSPS) is 9.67. The van der Waals surface area contributed by atoms with Crippen LogP contribution in [0.3, 0.4) is 0 Å². The van der Waals surface area contributed by atoms with Crippen molar-refractivity contribution in [1.29, 1.82) is 0 Å².